The van der Waals surface area contributed by atoms with Crippen LogP contribution >= 0.6 is 7.14 Å². The van der Waals surface area contributed by atoms with Crippen LogP contribution in [-0.4, -0.2) is 101 Å². The van der Waals surface area contributed by atoms with Crippen LogP contribution in [0.15, 0.2) is 54.6 Å². The molecule has 0 radical (unpaired) electrons. The van der Waals surface area contributed by atoms with Gasteiger partial charge in [-0.1, -0.05) is 30.3 Å². The fourth-order valence-electron chi connectivity index (χ4n) is 5.27. The number of epoxide rings is 4. The van der Waals surface area contributed by atoms with Gasteiger partial charge in [-0.15, -0.1) is 0 Å². The molecule has 4 unspecified atom stereocenters. The van der Waals surface area contributed by atoms with E-state index in [0.717, 1.165) is 0 Å². The van der Waals surface area contributed by atoms with E-state index in [2.05, 4.69) is 0 Å². The highest BCUT2D eigenvalue weighted by Gasteiger charge is 2.43. The number of carbonyl (C=O) groups is 4. The fraction of sp³-hybridized carbons (Fsp3) is 0.353. The average molecular weight is 693 g/mol. The lowest BCUT2D eigenvalue weighted by Crippen LogP contribution is -2.33. The molecule has 3 aromatic rings. The van der Waals surface area contributed by atoms with Crippen molar-refractivity contribution in [2.24, 2.45) is 0 Å². The normalized spacial score (nSPS) is 25.1. The van der Waals surface area contributed by atoms with Crippen LogP contribution in [0.5, 0.6) is 11.5 Å². The van der Waals surface area contributed by atoms with E-state index in [1.165, 1.54) is 24.3 Å². The molecule has 5 aliphatic rings. The van der Waals surface area contributed by atoms with Crippen LogP contribution in [0.25, 0.3) is 0 Å². The number of esters is 4. The third-order valence-electron chi connectivity index (χ3n) is 8.31. The van der Waals surface area contributed by atoms with Crippen LogP contribution in [0.2, 0.25) is 0 Å². The molecule has 5 heterocycles. The van der Waals surface area contributed by atoms with Crippen molar-refractivity contribution >= 4 is 46.9 Å². The van der Waals surface area contributed by atoms with Crippen molar-refractivity contribution in [3.05, 3.63) is 76.9 Å². The zero-order valence-electron chi connectivity index (χ0n) is 25.8. The van der Waals surface area contributed by atoms with Gasteiger partial charge >= 0.3 is 23.9 Å². The Labute approximate surface area is 278 Å². The van der Waals surface area contributed by atoms with Crippen molar-refractivity contribution in [2.45, 2.75) is 24.4 Å². The van der Waals surface area contributed by atoms with Crippen LogP contribution in [-0.2, 0) is 42.5 Å². The minimum atomic E-state index is -4.01. The number of carbonyl (C=O) groups excluding carboxylic acids is 4. The van der Waals surface area contributed by atoms with Crippen molar-refractivity contribution in [1.29, 1.82) is 0 Å². The summed E-state index contributed by atoms with van der Waals surface area (Å²) in [6.07, 6.45) is -0.991. The van der Waals surface area contributed by atoms with E-state index < -0.39 is 31.0 Å². The summed E-state index contributed by atoms with van der Waals surface area (Å²) in [7, 11) is -4.01. The zero-order valence-corrected chi connectivity index (χ0v) is 26.7. The molecule has 254 valence electrons. The standard InChI is InChI=1S/C34H29O14P/c35-31(44-14-18-10-40-18)23-6-27-29(8-25(23)33(37)46-16-20-12-42-20)49(39,22-4-2-1-3-5-22)30-9-26(34(38)47-17-21-13-43-21)24(7-28(30)48-27)32(36)45-15-19-11-41-19/h1-9,18-21H,10-17H2. The summed E-state index contributed by atoms with van der Waals surface area (Å²) in [5, 5.41) is 0.462. The molecule has 0 amide bonds. The van der Waals surface area contributed by atoms with Gasteiger partial charge in [0.05, 0.1) is 59.3 Å². The number of fused-ring (bicyclic) bond motifs is 2. The van der Waals surface area contributed by atoms with E-state index in [4.69, 9.17) is 42.6 Å². The predicted molar refractivity (Wildman–Crippen MR) is 166 cm³/mol. The summed E-state index contributed by atoms with van der Waals surface area (Å²) in [4.78, 5) is 53.7. The van der Waals surface area contributed by atoms with Crippen molar-refractivity contribution < 1.29 is 66.4 Å². The third kappa shape index (κ3) is 6.70. The van der Waals surface area contributed by atoms with Gasteiger partial charge in [0, 0.05) is 5.30 Å². The SMILES string of the molecule is O=C(OCC1CO1)c1cc2c(cc1C(=O)OCC1CO1)P(=O)(c1ccccc1)c1cc(C(=O)OCC3CO3)c(C(=O)OCC3CO3)cc1O2. The molecule has 4 atom stereocenters. The van der Waals surface area contributed by atoms with E-state index in [-0.39, 0.29) is 95.2 Å². The molecule has 49 heavy (non-hydrogen) atoms. The summed E-state index contributed by atoms with van der Waals surface area (Å²) < 4.78 is 64.3. The van der Waals surface area contributed by atoms with Gasteiger partial charge in [0.25, 0.3) is 0 Å². The first kappa shape index (κ1) is 31.7. The predicted octanol–water partition coefficient (Wildman–Crippen LogP) is 1.65. The van der Waals surface area contributed by atoms with Gasteiger partial charge in [0.1, 0.15) is 62.3 Å². The molecular formula is C34H29O14P. The van der Waals surface area contributed by atoms with E-state index >= 15 is 4.57 Å². The molecule has 3 aromatic carbocycles. The minimum Gasteiger partial charge on any atom is -0.459 e. The van der Waals surface area contributed by atoms with Crippen LogP contribution < -0.4 is 20.7 Å². The molecule has 0 spiro atoms. The average Bonchev–Trinajstić information content (AvgIpc) is 3.94. The second-order valence-electron chi connectivity index (χ2n) is 12.0. The van der Waals surface area contributed by atoms with E-state index in [1.54, 1.807) is 30.3 Å². The minimum absolute atomic E-state index is 0.0247. The number of ether oxygens (including phenoxy) is 9. The van der Waals surface area contributed by atoms with Crippen LogP contribution in [0.1, 0.15) is 41.4 Å². The Kier molecular flexibility index (Phi) is 8.21. The second kappa shape index (κ2) is 12.7. The Hall–Kier alpha value is -4.59. The highest BCUT2D eigenvalue weighted by Crippen LogP contribution is 2.52. The highest BCUT2D eigenvalue weighted by atomic mass is 31.2. The Balaban J connectivity index is 1.26. The van der Waals surface area contributed by atoms with Crippen molar-refractivity contribution in [2.75, 3.05) is 52.9 Å². The van der Waals surface area contributed by atoms with Crippen LogP contribution in [0.3, 0.4) is 0 Å². The zero-order chi connectivity index (χ0) is 33.7. The van der Waals surface area contributed by atoms with E-state index in [9.17, 15) is 19.2 Å². The molecule has 8 rings (SSSR count). The molecule has 4 fully saturated rings. The lowest BCUT2D eigenvalue weighted by atomic mass is 10.1. The van der Waals surface area contributed by atoms with Crippen molar-refractivity contribution in [3.63, 3.8) is 0 Å². The Morgan fingerprint density at radius 3 is 1.20 bits per heavy atom. The van der Waals surface area contributed by atoms with Crippen LogP contribution in [0, 0.1) is 0 Å². The summed E-state index contributed by atoms with van der Waals surface area (Å²) in [6.45, 7) is 1.60. The van der Waals surface area contributed by atoms with Gasteiger partial charge in [-0.05, 0) is 24.3 Å². The lowest BCUT2D eigenvalue weighted by Gasteiger charge is -2.30. The highest BCUT2D eigenvalue weighted by molar-refractivity contribution is 7.85. The topological polar surface area (TPSA) is 182 Å². The van der Waals surface area contributed by atoms with E-state index in [1.807, 2.05) is 0 Å². The maximum absolute atomic E-state index is 15.7. The van der Waals surface area contributed by atoms with Crippen LogP contribution in [0.4, 0.5) is 0 Å². The van der Waals surface area contributed by atoms with Gasteiger partial charge in [-0.3, -0.25) is 0 Å². The molecule has 14 nitrogen and oxygen atoms in total. The quantitative estimate of drug-likeness (QED) is 0.0854. The fourth-order valence-corrected chi connectivity index (χ4v) is 8.15. The Morgan fingerprint density at radius 2 is 0.878 bits per heavy atom. The van der Waals surface area contributed by atoms with Crippen molar-refractivity contribution in [3.8, 4) is 11.5 Å². The number of rotatable bonds is 13. The molecule has 0 aliphatic carbocycles. The number of hydrogen-bond acceptors (Lipinski definition) is 14. The first-order valence-electron chi connectivity index (χ1n) is 15.6. The largest absolute Gasteiger partial charge is 0.459 e. The Bertz CT molecular complexity index is 1780. The van der Waals surface area contributed by atoms with Gasteiger partial charge in [-0.25, -0.2) is 19.2 Å². The molecule has 15 heteroatoms. The molecular weight excluding hydrogens is 663 g/mol. The van der Waals surface area contributed by atoms with Gasteiger partial charge < -0.3 is 47.2 Å². The summed E-state index contributed by atoms with van der Waals surface area (Å²) >= 11 is 0. The van der Waals surface area contributed by atoms with E-state index in [0.29, 0.717) is 31.7 Å². The summed E-state index contributed by atoms with van der Waals surface area (Å²) in [5.41, 5.74) is -0.766. The molecule has 0 bridgehead atoms. The number of hydrogen-bond donors (Lipinski definition) is 0. The van der Waals surface area contributed by atoms with Gasteiger partial charge in [0.15, 0.2) is 7.14 Å². The first-order valence-corrected chi connectivity index (χ1v) is 17.3. The smallest absolute Gasteiger partial charge is 0.339 e. The third-order valence-corrected chi connectivity index (χ3v) is 11.4. The van der Waals surface area contributed by atoms with Crippen molar-refractivity contribution in [1.82, 2.24) is 0 Å². The molecule has 0 saturated carbocycles. The molecule has 5 aliphatic heterocycles. The maximum Gasteiger partial charge on any atom is 0.339 e. The second-order valence-corrected chi connectivity index (χ2v) is 14.7. The van der Waals surface area contributed by atoms with Gasteiger partial charge in [-0.2, -0.15) is 0 Å². The Morgan fingerprint density at radius 1 is 0.551 bits per heavy atom. The molecule has 4 saturated heterocycles. The molecule has 0 aromatic heterocycles. The summed E-state index contributed by atoms with van der Waals surface area (Å²) in [6, 6.07) is 13.5. The lowest BCUT2D eigenvalue weighted by molar-refractivity contribution is 0.0430. The monoisotopic (exact) mass is 692 g/mol. The molecule has 0 N–H and O–H groups in total. The summed E-state index contributed by atoms with van der Waals surface area (Å²) in [5.74, 6) is -3.46. The maximum atomic E-state index is 15.7. The van der Waals surface area contributed by atoms with Gasteiger partial charge in [0.2, 0.25) is 0 Å². The first-order chi connectivity index (χ1) is 23.8. The number of benzene rings is 3.